The molecular formula is C48H101NO15Si7. The van der Waals surface area contributed by atoms with E-state index in [4.69, 9.17) is 31.7 Å². The van der Waals surface area contributed by atoms with Crippen LogP contribution in [-0.4, -0.2) is 134 Å². The minimum atomic E-state index is -3.05. The third-order valence-electron chi connectivity index (χ3n) is 10.1. The SMILES string of the molecule is C=C(C)C(=O)OCCC[Si](O[Si](C)(C)[Si](C)(C)C)(O[Si](C)(C)[Si](C)(C)C)O[Si](C)(C)[Si](C)(C)C.C=CCOCC(C)OC(=O)C(=C)C.CC(=CN=O)C(=O)OCC(C)O.CC(C)=O.CC(C)=O.CC(C)=O. The predicted octanol–water partition coefficient (Wildman–Crippen LogP) is 11.4. The minimum absolute atomic E-state index is 0.0805. The number of carbonyl (C=O) groups is 6. The van der Waals surface area contributed by atoms with E-state index in [0.29, 0.717) is 43.4 Å². The van der Waals surface area contributed by atoms with Crippen molar-refractivity contribution in [2.75, 3.05) is 26.4 Å². The summed E-state index contributed by atoms with van der Waals surface area (Å²) in [7, 11) is -13.9. The van der Waals surface area contributed by atoms with Crippen LogP contribution in [0, 0.1) is 4.91 Å². The Morgan fingerprint density at radius 1 is 0.563 bits per heavy atom. The molecule has 416 valence electrons. The van der Waals surface area contributed by atoms with E-state index in [0.717, 1.165) is 6.20 Å². The lowest BCUT2D eigenvalue weighted by atomic mass is 10.3. The van der Waals surface area contributed by atoms with Gasteiger partial charge in [-0.3, -0.25) is 0 Å². The number of ether oxygens (including phenoxy) is 4. The molecule has 0 aliphatic heterocycles. The van der Waals surface area contributed by atoms with E-state index in [9.17, 15) is 33.7 Å². The molecule has 0 saturated carbocycles. The maximum absolute atomic E-state index is 12.0. The van der Waals surface area contributed by atoms with Crippen LogP contribution in [0.25, 0.3) is 0 Å². The molecule has 0 aromatic heterocycles. The number of carbonyl (C=O) groups excluding carboxylic acids is 6. The topological polar surface area (TPSA) is 217 Å². The third-order valence-corrected chi connectivity index (χ3v) is 67.1. The Hall–Kier alpha value is -2.70. The highest BCUT2D eigenvalue weighted by molar-refractivity contribution is 7.42. The van der Waals surface area contributed by atoms with Crippen molar-refractivity contribution in [1.82, 2.24) is 0 Å². The van der Waals surface area contributed by atoms with E-state index < -0.39 is 67.2 Å². The van der Waals surface area contributed by atoms with Gasteiger partial charge >= 0.3 is 26.7 Å². The zero-order valence-corrected chi connectivity index (χ0v) is 56.3. The Balaban J connectivity index is -0.000000231. The summed E-state index contributed by atoms with van der Waals surface area (Å²) in [4.78, 5) is 71.8. The standard InChI is InChI=1S/C22H56O5Si7.C10H16O3.C7H11NO4.3C3H6O/c1-21(2)22(23)24-19-18-20-34(25-31(12,13)28(3,4)5,26-32(14,15)29(6,7)8)27-33(16,17)30(9,10)11;1-5-6-12-7-9(4)13-10(11)8(2)3;1-5(3-8-11)7(10)12-4-6(2)9;3*1-3(2)4/h1,18-20H2,2-17H3;5,9H,1-2,6-7H2,3-4H3;3,6,9H,4H2,1-2H3;3*1-2H3. The average molecular weight is 1130 g/mol. The van der Waals surface area contributed by atoms with E-state index >= 15 is 0 Å². The van der Waals surface area contributed by atoms with Gasteiger partial charge in [0.05, 0.1) is 60.5 Å². The third kappa shape index (κ3) is 45.6. The first kappa shape index (κ1) is 79.7. The van der Waals surface area contributed by atoms with Gasteiger partial charge in [0.1, 0.15) is 30.1 Å². The lowest BCUT2D eigenvalue weighted by Crippen LogP contribution is -2.72. The summed E-state index contributed by atoms with van der Waals surface area (Å²) in [6, 6.07) is 0.708. The number of nitrogens with zero attached hydrogens (tertiary/aromatic N) is 1. The van der Waals surface area contributed by atoms with Crippen LogP contribution in [-0.2, 0) is 60.1 Å². The number of Topliss-reactive ketones (excluding diaryl/α,β-unsaturated/α-hetero) is 3. The van der Waals surface area contributed by atoms with Crippen LogP contribution in [0.4, 0.5) is 0 Å². The van der Waals surface area contributed by atoms with Crippen molar-refractivity contribution in [2.24, 2.45) is 5.18 Å². The predicted molar refractivity (Wildman–Crippen MR) is 309 cm³/mol. The Morgan fingerprint density at radius 2 is 0.901 bits per heavy atom. The van der Waals surface area contributed by atoms with Crippen molar-refractivity contribution in [2.45, 2.75) is 199 Å². The molecule has 0 amide bonds. The van der Waals surface area contributed by atoms with Crippen LogP contribution >= 0.6 is 0 Å². The summed E-state index contributed by atoms with van der Waals surface area (Å²) in [5.41, 5.74) is 0.945. The highest BCUT2D eigenvalue weighted by Gasteiger charge is 2.58. The van der Waals surface area contributed by atoms with Gasteiger partial charge in [0.2, 0.25) is 0 Å². The molecule has 23 heteroatoms. The van der Waals surface area contributed by atoms with E-state index in [2.05, 4.69) is 128 Å². The number of hydrogen-bond donors (Lipinski definition) is 1. The summed E-state index contributed by atoms with van der Waals surface area (Å²) in [5, 5.41) is 11.1. The Bertz CT molecular complexity index is 1600. The molecule has 2 atom stereocenters. The first-order chi connectivity index (χ1) is 31.5. The molecule has 16 nitrogen and oxygen atoms in total. The van der Waals surface area contributed by atoms with Crippen molar-refractivity contribution in [3.63, 3.8) is 0 Å². The van der Waals surface area contributed by atoms with Crippen molar-refractivity contribution in [3.8, 4) is 0 Å². The van der Waals surface area contributed by atoms with E-state index in [1.807, 2.05) is 0 Å². The largest absolute Gasteiger partial charge is 0.469 e. The molecule has 0 aromatic rings. The zero-order valence-electron chi connectivity index (χ0n) is 49.3. The van der Waals surface area contributed by atoms with E-state index in [1.165, 1.54) is 55.4 Å². The molecule has 0 rings (SSSR count). The zero-order chi connectivity index (χ0) is 58.2. The van der Waals surface area contributed by atoms with Gasteiger partial charge in [0, 0.05) is 17.2 Å². The van der Waals surface area contributed by atoms with Crippen molar-refractivity contribution in [3.05, 3.63) is 53.6 Å². The Kier molecular flexibility index (Phi) is 42.6. The molecule has 0 heterocycles. The number of hydrogen-bond acceptors (Lipinski definition) is 16. The van der Waals surface area contributed by atoms with Crippen LogP contribution in [0.3, 0.4) is 0 Å². The average Bonchev–Trinajstić information content (AvgIpc) is 3.13. The molecule has 0 saturated heterocycles. The quantitative estimate of drug-likeness (QED) is 0.0181. The number of esters is 3. The molecule has 0 bridgehead atoms. The highest BCUT2D eigenvalue weighted by Crippen LogP contribution is 2.37. The van der Waals surface area contributed by atoms with E-state index in [1.54, 1.807) is 26.8 Å². The van der Waals surface area contributed by atoms with Crippen molar-refractivity contribution in [1.29, 1.82) is 0 Å². The second-order valence-electron chi connectivity index (χ2n) is 22.2. The fraction of sp³-hybridized carbons (Fsp3) is 0.708. The summed E-state index contributed by atoms with van der Waals surface area (Å²) in [6.07, 6.45) is 2.25. The summed E-state index contributed by atoms with van der Waals surface area (Å²) in [6.45, 7) is 64.8. The number of aliphatic hydroxyl groups excluding tert-OH is 1. The van der Waals surface area contributed by atoms with Gasteiger partial charge in [-0.25, -0.2) is 14.4 Å². The molecule has 1 N–H and O–H groups in total. The van der Waals surface area contributed by atoms with Gasteiger partial charge in [-0.15, -0.1) is 11.5 Å². The number of aliphatic hydroxyl groups is 1. The van der Waals surface area contributed by atoms with Gasteiger partial charge in [-0.2, -0.15) is 0 Å². The molecule has 0 fully saturated rings. The van der Waals surface area contributed by atoms with Crippen molar-refractivity contribution < 1.29 is 65.2 Å². The molecule has 0 aliphatic rings. The summed E-state index contributed by atoms with van der Waals surface area (Å²) < 4.78 is 42.2. The van der Waals surface area contributed by atoms with Crippen LogP contribution in [0.1, 0.15) is 82.6 Å². The lowest BCUT2D eigenvalue weighted by Gasteiger charge is -2.51. The molecule has 0 spiro atoms. The monoisotopic (exact) mass is 1130 g/mol. The minimum Gasteiger partial charge on any atom is -0.462 e. The van der Waals surface area contributed by atoms with Crippen molar-refractivity contribution >= 4 is 90.3 Å². The second kappa shape index (κ2) is 37.9. The normalized spacial score (nSPS) is 12.7. The smallest absolute Gasteiger partial charge is 0.462 e. The molecule has 0 aliphatic carbocycles. The van der Waals surface area contributed by atoms with Gasteiger partial charge < -0.3 is 50.8 Å². The molecule has 2 unspecified atom stereocenters. The van der Waals surface area contributed by atoms with E-state index in [-0.39, 0.29) is 47.6 Å². The molecular weight excluding hydrogens is 1030 g/mol. The first-order valence-electron chi connectivity index (χ1n) is 23.8. The van der Waals surface area contributed by atoms with Crippen LogP contribution in [0.2, 0.25) is 104 Å². The number of ketones is 3. The molecule has 71 heavy (non-hydrogen) atoms. The fourth-order valence-corrected chi connectivity index (χ4v) is 32.4. The summed E-state index contributed by atoms with van der Waals surface area (Å²) in [5.74, 6) is -0.856. The Morgan fingerprint density at radius 3 is 1.17 bits per heavy atom. The summed E-state index contributed by atoms with van der Waals surface area (Å²) >= 11 is 0. The van der Waals surface area contributed by atoms with Gasteiger partial charge in [0.25, 0.3) is 0 Å². The molecule has 0 radical (unpaired) electrons. The maximum Gasteiger partial charge on any atom is 0.469 e. The lowest BCUT2D eigenvalue weighted by molar-refractivity contribution is -0.146. The van der Waals surface area contributed by atoms with Gasteiger partial charge in [-0.1, -0.05) is 78.2 Å². The Labute approximate surface area is 437 Å². The number of rotatable bonds is 24. The van der Waals surface area contributed by atoms with Gasteiger partial charge in [-0.05, 0) is 127 Å². The van der Waals surface area contributed by atoms with Crippen LogP contribution in [0.5, 0.6) is 0 Å². The van der Waals surface area contributed by atoms with Crippen LogP contribution in [0.15, 0.2) is 53.9 Å². The fourth-order valence-electron chi connectivity index (χ4n) is 3.49. The number of nitroso groups, excluding NO2 is 1. The van der Waals surface area contributed by atoms with Gasteiger partial charge in [0.15, 0.2) is 23.5 Å². The van der Waals surface area contributed by atoms with Crippen LogP contribution < -0.4 is 0 Å². The molecule has 0 aromatic carbocycles. The maximum atomic E-state index is 12.0. The first-order valence-corrected chi connectivity index (χ1v) is 47.9. The second-order valence-corrected chi connectivity index (χ2v) is 73.4. The highest BCUT2D eigenvalue weighted by atomic mass is 29.3.